The van der Waals surface area contributed by atoms with Gasteiger partial charge in [0.05, 0.1) is 13.5 Å². The third kappa shape index (κ3) is 7.03. The van der Waals surface area contributed by atoms with Crippen LogP contribution in [-0.4, -0.2) is 31.5 Å². The average Bonchev–Trinajstić information content (AvgIpc) is 2.68. The summed E-state index contributed by atoms with van der Waals surface area (Å²) in [7, 11) is 1.55. The van der Waals surface area contributed by atoms with Crippen molar-refractivity contribution in [2.75, 3.05) is 24.4 Å². The third-order valence-electron chi connectivity index (χ3n) is 3.74. The number of hydrogen-bond donors (Lipinski definition) is 2. The maximum Gasteiger partial charge on any atom is 0.306 e. The predicted octanol–water partition coefficient (Wildman–Crippen LogP) is 3.67. The Labute approximate surface area is 171 Å². The zero-order valence-corrected chi connectivity index (χ0v) is 17.2. The number of amides is 2. The molecule has 2 amide bonds. The molecule has 148 valence electrons. The molecular formula is C20H21BrN2O5. The molecule has 0 atom stereocenters. The lowest BCUT2D eigenvalue weighted by Crippen LogP contribution is -2.21. The molecule has 0 saturated carbocycles. The Morgan fingerprint density at radius 2 is 1.57 bits per heavy atom. The topological polar surface area (TPSA) is 93.7 Å². The van der Waals surface area contributed by atoms with Crippen molar-refractivity contribution in [3.8, 4) is 5.75 Å². The van der Waals surface area contributed by atoms with E-state index in [9.17, 15) is 14.4 Å². The summed E-state index contributed by atoms with van der Waals surface area (Å²) in [4.78, 5) is 35.5. The Morgan fingerprint density at radius 3 is 2.21 bits per heavy atom. The molecule has 0 aliphatic heterocycles. The first-order chi connectivity index (χ1) is 13.4. The first-order valence-corrected chi connectivity index (χ1v) is 9.32. The minimum absolute atomic E-state index is 0.0433. The summed E-state index contributed by atoms with van der Waals surface area (Å²) in [6, 6.07) is 12.2. The normalized spacial score (nSPS) is 10.1. The Balaban J connectivity index is 1.69. The average molecular weight is 449 g/mol. The number of hydrogen-bond acceptors (Lipinski definition) is 5. The molecule has 2 rings (SSSR count). The van der Waals surface area contributed by atoms with Crippen LogP contribution in [0.1, 0.15) is 18.4 Å². The van der Waals surface area contributed by atoms with Gasteiger partial charge in [0.25, 0.3) is 5.91 Å². The zero-order chi connectivity index (χ0) is 20.5. The van der Waals surface area contributed by atoms with Gasteiger partial charge in [-0.1, -0.05) is 15.9 Å². The van der Waals surface area contributed by atoms with E-state index in [0.717, 1.165) is 10.0 Å². The molecule has 2 aromatic rings. The highest BCUT2D eigenvalue weighted by atomic mass is 79.9. The van der Waals surface area contributed by atoms with E-state index in [1.807, 2.05) is 13.0 Å². The van der Waals surface area contributed by atoms with Gasteiger partial charge >= 0.3 is 5.97 Å². The van der Waals surface area contributed by atoms with Crippen molar-refractivity contribution in [3.63, 3.8) is 0 Å². The van der Waals surface area contributed by atoms with Gasteiger partial charge in [-0.05, 0) is 55.0 Å². The van der Waals surface area contributed by atoms with Crippen LogP contribution in [-0.2, 0) is 19.1 Å². The fraction of sp³-hybridized carbons (Fsp3) is 0.250. The maximum absolute atomic E-state index is 11.9. The van der Waals surface area contributed by atoms with Gasteiger partial charge in [0.1, 0.15) is 5.75 Å². The second-order valence-corrected chi connectivity index (χ2v) is 6.80. The molecule has 0 unspecified atom stereocenters. The molecular weight excluding hydrogens is 428 g/mol. The fourth-order valence-corrected chi connectivity index (χ4v) is 2.50. The smallest absolute Gasteiger partial charge is 0.306 e. The molecule has 0 aliphatic carbocycles. The standard InChI is InChI=1S/C20H21BrN2O5/c1-13-11-15(5-8-17(13)21)23-19(25)12-28-20(26)10-9-18(24)22-14-3-6-16(27-2)7-4-14/h3-8,11H,9-10,12H2,1-2H3,(H,22,24)(H,23,25). The third-order valence-corrected chi connectivity index (χ3v) is 4.63. The van der Waals surface area contributed by atoms with E-state index in [-0.39, 0.29) is 18.7 Å². The number of ether oxygens (including phenoxy) is 2. The Hall–Kier alpha value is -2.87. The van der Waals surface area contributed by atoms with Gasteiger partial charge in [-0.25, -0.2) is 0 Å². The highest BCUT2D eigenvalue weighted by molar-refractivity contribution is 9.10. The van der Waals surface area contributed by atoms with E-state index in [1.54, 1.807) is 43.5 Å². The lowest BCUT2D eigenvalue weighted by Gasteiger charge is -2.08. The molecule has 8 heteroatoms. The predicted molar refractivity (Wildman–Crippen MR) is 109 cm³/mol. The number of halogens is 1. The van der Waals surface area contributed by atoms with Crippen LogP contribution < -0.4 is 15.4 Å². The summed E-state index contributed by atoms with van der Waals surface area (Å²) >= 11 is 3.38. The van der Waals surface area contributed by atoms with Gasteiger partial charge in [-0.15, -0.1) is 0 Å². The molecule has 0 saturated heterocycles. The maximum atomic E-state index is 11.9. The second kappa shape index (κ2) is 10.5. The van der Waals surface area contributed by atoms with Crippen LogP contribution in [0.25, 0.3) is 0 Å². The van der Waals surface area contributed by atoms with Gasteiger partial charge in [0.15, 0.2) is 6.61 Å². The lowest BCUT2D eigenvalue weighted by molar-refractivity contribution is -0.147. The van der Waals surface area contributed by atoms with Crippen molar-refractivity contribution in [1.29, 1.82) is 0 Å². The fourth-order valence-electron chi connectivity index (χ4n) is 2.25. The summed E-state index contributed by atoms with van der Waals surface area (Å²) in [6.07, 6.45) is -0.162. The molecule has 0 spiro atoms. The van der Waals surface area contributed by atoms with Crippen LogP contribution in [0.2, 0.25) is 0 Å². The van der Waals surface area contributed by atoms with E-state index in [2.05, 4.69) is 26.6 Å². The number of methoxy groups -OCH3 is 1. The first kappa shape index (κ1) is 21.4. The van der Waals surface area contributed by atoms with E-state index in [1.165, 1.54) is 0 Å². The highest BCUT2D eigenvalue weighted by Crippen LogP contribution is 2.20. The first-order valence-electron chi connectivity index (χ1n) is 8.53. The number of anilines is 2. The minimum atomic E-state index is -0.619. The monoisotopic (exact) mass is 448 g/mol. The van der Waals surface area contributed by atoms with E-state index < -0.39 is 18.5 Å². The number of rotatable bonds is 8. The number of esters is 1. The Morgan fingerprint density at radius 1 is 0.929 bits per heavy atom. The summed E-state index contributed by atoms with van der Waals surface area (Å²) in [5.41, 5.74) is 2.18. The second-order valence-electron chi connectivity index (χ2n) is 5.95. The molecule has 28 heavy (non-hydrogen) atoms. The van der Waals surface area contributed by atoms with E-state index >= 15 is 0 Å². The minimum Gasteiger partial charge on any atom is -0.497 e. The zero-order valence-electron chi connectivity index (χ0n) is 15.6. The molecule has 0 aliphatic rings. The lowest BCUT2D eigenvalue weighted by atomic mass is 10.2. The van der Waals surface area contributed by atoms with Crippen molar-refractivity contribution < 1.29 is 23.9 Å². The SMILES string of the molecule is COc1ccc(NC(=O)CCC(=O)OCC(=O)Nc2ccc(Br)c(C)c2)cc1. The van der Waals surface area contributed by atoms with Crippen LogP contribution in [0.5, 0.6) is 5.75 Å². The number of carbonyl (C=O) groups is 3. The van der Waals surface area contributed by atoms with Crippen molar-refractivity contribution >= 4 is 45.1 Å². The Bertz CT molecular complexity index is 852. The largest absolute Gasteiger partial charge is 0.497 e. The van der Waals surface area contributed by atoms with Crippen molar-refractivity contribution in [2.45, 2.75) is 19.8 Å². The van der Waals surface area contributed by atoms with Crippen molar-refractivity contribution in [3.05, 3.63) is 52.5 Å². The van der Waals surface area contributed by atoms with Crippen LogP contribution >= 0.6 is 15.9 Å². The van der Waals surface area contributed by atoms with E-state index in [0.29, 0.717) is 17.1 Å². The van der Waals surface area contributed by atoms with Crippen molar-refractivity contribution in [1.82, 2.24) is 0 Å². The summed E-state index contributed by atoms with van der Waals surface area (Å²) in [6.45, 7) is 1.49. The number of aryl methyl sites for hydroxylation is 1. The van der Waals surface area contributed by atoms with Gasteiger partial charge in [-0.2, -0.15) is 0 Å². The molecule has 0 bridgehead atoms. The van der Waals surface area contributed by atoms with Crippen molar-refractivity contribution in [2.24, 2.45) is 0 Å². The molecule has 7 nitrogen and oxygen atoms in total. The Kier molecular flexibility index (Phi) is 8.01. The number of carbonyl (C=O) groups excluding carboxylic acids is 3. The highest BCUT2D eigenvalue weighted by Gasteiger charge is 2.11. The molecule has 0 radical (unpaired) electrons. The van der Waals surface area contributed by atoms with Crippen LogP contribution in [0, 0.1) is 6.92 Å². The summed E-state index contributed by atoms with van der Waals surface area (Å²) in [5.74, 6) is -0.708. The van der Waals surface area contributed by atoms with Gasteiger partial charge in [0.2, 0.25) is 5.91 Å². The summed E-state index contributed by atoms with van der Waals surface area (Å²) in [5, 5.41) is 5.32. The van der Waals surface area contributed by atoms with Gasteiger partial charge in [0, 0.05) is 22.3 Å². The number of nitrogens with one attached hydrogen (secondary N) is 2. The van der Waals surface area contributed by atoms with Crippen LogP contribution in [0.4, 0.5) is 11.4 Å². The molecule has 0 fully saturated rings. The van der Waals surface area contributed by atoms with Gasteiger partial charge in [-0.3, -0.25) is 14.4 Å². The van der Waals surface area contributed by atoms with Crippen LogP contribution in [0.15, 0.2) is 46.9 Å². The summed E-state index contributed by atoms with van der Waals surface area (Å²) < 4.78 is 10.9. The molecule has 0 heterocycles. The molecule has 0 aromatic heterocycles. The molecule has 2 N–H and O–H groups in total. The van der Waals surface area contributed by atoms with Gasteiger partial charge < -0.3 is 20.1 Å². The van der Waals surface area contributed by atoms with Crippen LogP contribution in [0.3, 0.4) is 0 Å². The molecule has 2 aromatic carbocycles. The van der Waals surface area contributed by atoms with E-state index in [4.69, 9.17) is 9.47 Å². The number of benzene rings is 2. The quantitative estimate of drug-likeness (QED) is 0.600.